The van der Waals surface area contributed by atoms with Crippen LogP contribution in [-0.4, -0.2) is 48.7 Å². The Labute approximate surface area is 245 Å². The van der Waals surface area contributed by atoms with Gasteiger partial charge in [0.2, 0.25) is 0 Å². The highest BCUT2D eigenvalue weighted by atomic mass is 32.2. The largest absolute Gasteiger partial charge is 0.490 e. The molecular weight excluding hydrogens is 589 g/mol. The molecule has 43 heavy (non-hydrogen) atoms. The second-order valence-electron chi connectivity index (χ2n) is 10.2. The average molecular weight is 619 g/mol. The summed E-state index contributed by atoms with van der Waals surface area (Å²) in [6.07, 6.45) is -4.55. The molecule has 4 rings (SSSR count). The summed E-state index contributed by atoms with van der Waals surface area (Å²) in [4.78, 5) is 26.9. The molecule has 10 nitrogen and oxygen atoms in total. The molecule has 0 amide bonds. The minimum absolute atomic E-state index is 0.00188. The monoisotopic (exact) mass is 618 g/mol. The highest BCUT2D eigenvalue weighted by molar-refractivity contribution is 7.92. The highest BCUT2D eigenvalue weighted by Crippen LogP contribution is 2.28. The number of anilines is 1. The van der Waals surface area contributed by atoms with Crippen molar-refractivity contribution in [2.75, 3.05) is 11.3 Å². The van der Waals surface area contributed by atoms with Gasteiger partial charge in [0.05, 0.1) is 16.7 Å². The van der Waals surface area contributed by atoms with Crippen molar-refractivity contribution in [1.82, 2.24) is 14.9 Å². The molecule has 0 fully saturated rings. The maximum Gasteiger partial charge on any atom is 0.490 e. The van der Waals surface area contributed by atoms with Gasteiger partial charge in [-0.2, -0.15) is 13.2 Å². The van der Waals surface area contributed by atoms with Crippen molar-refractivity contribution in [3.63, 3.8) is 0 Å². The third-order valence-corrected chi connectivity index (χ3v) is 7.97. The van der Waals surface area contributed by atoms with Crippen LogP contribution >= 0.6 is 0 Å². The van der Waals surface area contributed by atoms with Crippen LogP contribution in [0.25, 0.3) is 11.0 Å². The van der Waals surface area contributed by atoms with Crippen molar-refractivity contribution in [2.24, 2.45) is 0 Å². The standard InChI is InChI=1S/C29H29F3N4O6S/c1-28(2,14-15-36-18-33-26-23(36)12-7-13-24(26)41-19-37)34-17-25(42-27(38)29(30,31)32)20-8-6-9-21(16-20)35-43(39,40)22-10-4-3-5-11-22/h3-13,16,18-19,25,34-35H,14-15,17H2,1-2H3. The Morgan fingerprint density at radius 2 is 1.77 bits per heavy atom. The summed E-state index contributed by atoms with van der Waals surface area (Å²) in [5.41, 5.74) is 0.795. The zero-order valence-corrected chi connectivity index (χ0v) is 24.0. The fourth-order valence-electron chi connectivity index (χ4n) is 4.28. The number of para-hydroxylation sites is 1. The Kier molecular flexibility index (Phi) is 9.40. The van der Waals surface area contributed by atoms with Crippen LogP contribution in [0.5, 0.6) is 5.75 Å². The molecule has 0 saturated carbocycles. The van der Waals surface area contributed by atoms with E-state index in [0.29, 0.717) is 30.7 Å². The van der Waals surface area contributed by atoms with Crippen LogP contribution in [0.2, 0.25) is 0 Å². The minimum atomic E-state index is -5.23. The second-order valence-corrected chi connectivity index (χ2v) is 11.9. The number of nitrogens with zero attached hydrogens (tertiary/aromatic N) is 2. The van der Waals surface area contributed by atoms with Crippen LogP contribution in [0, 0.1) is 0 Å². The number of carbonyl (C=O) groups is 2. The van der Waals surface area contributed by atoms with Crippen LogP contribution in [0.15, 0.2) is 84.0 Å². The zero-order valence-electron chi connectivity index (χ0n) is 23.2. The first-order valence-corrected chi connectivity index (χ1v) is 14.5. The Morgan fingerprint density at radius 1 is 1.05 bits per heavy atom. The number of aromatic nitrogens is 2. The SMILES string of the molecule is CC(C)(CCn1cnc2c(OC=O)cccc21)NCC(OC(=O)C(F)(F)F)c1cccc(NS(=O)(=O)c2ccccc2)c1. The number of sulfonamides is 1. The van der Waals surface area contributed by atoms with Crippen LogP contribution < -0.4 is 14.8 Å². The summed E-state index contributed by atoms with van der Waals surface area (Å²) in [6.45, 7) is 4.23. The molecule has 0 aliphatic carbocycles. The lowest BCUT2D eigenvalue weighted by Crippen LogP contribution is -2.43. The van der Waals surface area contributed by atoms with Crippen LogP contribution in [-0.2, 0) is 30.9 Å². The molecule has 1 aromatic heterocycles. The number of rotatable bonds is 13. The van der Waals surface area contributed by atoms with Crippen LogP contribution in [0.1, 0.15) is 31.9 Å². The van der Waals surface area contributed by atoms with E-state index in [-0.39, 0.29) is 22.7 Å². The first-order chi connectivity index (χ1) is 20.3. The molecule has 0 saturated heterocycles. The second kappa shape index (κ2) is 12.8. The highest BCUT2D eigenvalue weighted by Gasteiger charge is 2.42. The van der Waals surface area contributed by atoms with E-state index in [1.54, 1.807) is 36.7 Å². The molecule has 14 heteroatoms. The van der Waals surface area contributed by atoms with Crippen molar-refractivity contribution >= 4 is 39.2 Å². The summed E-state index contributed by atoms with van der Waals surface area (Å²) in [6, 6.07) is 18.4. The van der Waals surface area contributed by atoms with E-state index in [9.17, 15) is 31.2 Å². The number of carbonyl (C=O) groups excluding carboxylic acids is 2. The number of halogens is 3. The maximum absolute atomic E-state index is 13.1. The van der Waals surface area contributed by atoms with Gasteiger partial charge in [0.15, 0.2) is 5.75 Å². The number of imidazole rings is 1. The third kappa shape index (κ3) is 8.11. The number of hydrogen-bond donors (Lipinski definition) is 2. The topological polar surface area (TPSA) is 129 Å². The average Bonchev–Trinajstić information content (AvgIpc) is 3.38. The van der Waals surface area contributed by atoms with Gasteiger partial charge in [0, 0.05) is 24.3 Å². The van der Waals surface area contributed by atoms with E-state index in [1.165, 1.54) is 36.4 Å². The quantitative estimate of drug-likeness (QED) is 0.159. The van der Waals surface area contributed by atoms with Gasteiger partial charge in [-0.05, 0) is 62.2 Å². The lowest BCUT2D eigenvalue weighted by atomic mass is 9.99. The Bertz CT molecular complexity index is 1690. The van der Waals surface area contributed by atoms with E-state index in [2.05, 4.69) is 15.0 Å². The Morgan fingerprint density at radius 3 is 2.47 bits per heavy atom. The molecule has 1 unspecified atom stereocenters. The van der Waals surface area contributed by atoms with Crippen molar-refractivity contribution in [3.8, 4) is 5.75 Å². The molecule has 0 aliphatic heterocycles. The fourth-order valence-corrected chi connectivity index (χ4v) is 5.35. The molecule has 3 aromatic carbocycles. The fraction of sp³-hybridized carbons (Fsp3) is 0.276. The van der Waals surface area contributed by atoms with Crippen LogP contribution in [0.3, 0.4) is 0 Å². The van der Waals surface area contributed by atoms with Crippen molar-refractivity contribution in [3.05, 3.63) is 84.7 Å². The lowest BCUT2D eigenvalue weighted by Gasteiger charge is -2.30. The van der Waals surface area contributed by atoms with Gasteiger partial charge in [-0.3, -0.25) is 9.52 Å². The molecule has 0 spiro atoms. The number of hydrogen-bond acceptors (Lipinski definition) is 8. The molecule has 0 aliphatic rings. The van der Waals surface area contributed by atoms with Gasteiger partial charge in [0.1, 0.15) is 11.6 Å². The Hall–Kier alpha value is -4.43. The molecule has 228 valence electrons. The van der Waals surface area contributed by atoms with E-state index in [0.717, 1.165) is 5.52 Å². The van der Waals surface area contributed by atoms with Crippen molar-refractivity contribution < 1.29 is 40.7 Å². The number of esters is 1. The first-order valence-electron chi connectivity index (χ1n) is 13.0. The number of alkyl halides is 3. The van der Waals surface area contributed by atoms with Gasteiger partial charge in [0.25, 0.3) is 16.5 Å². The molecule has 1 heterocycles. The Balaban J connectivity index is 1.50. The third-order valence-electron chi connectivity index (χ3n) is 6.58. The molecule has 0 bridgehead atoms. The molecule has 1 atom stereocenters. The summed E-state index contributed by atoms with van der Waals surface area (Å²) in [5, 5.41) is 3.16. The summed E-state index contributed by atoms with van der Waals surface area (Å²) >= 11 is 0. The summed E-state index contributed by atoms with van der Waals surface area (Å²) in [7, 11) is -3.97. The minimum Gasteiger partial charge on any atom is -0.449 e. The van der Waals surface area contributed by atoms with E-state index >= 15 is 0 Å². The number of ether oxygens (including phenoxy) is 2. The maximum atomic E-state index is 13.1. The van der Waals surface area contributed by atoms with Gasteiger partial charge in [-0.15, -0.1) is 0 Å². The number of aryl methyl sites for hydroxylation is 1. The number of fused-ring (bicyclic) bond motifs is 1. The predicted molar refractivity (Wildman–Crippen MR) is 152 cm³/mol. The normalized spacial score (nSPS) is 13.0. The number of benzene rings is 3. The van der Waals surface area contributed by atoms with E-state index in [1.807, 2.05) is 24.5 Å². The zero-order chi connectivity index (χ0) is 31.3. The first kappa shape index (κ1) is 31.5. The predicted octanol–water partition coefficient (Wildman–Crippen LogP) is 4.98. The van der Waals surface area contributed by atoms with Gasteiger partial charge < -0.3 is 19.4 Å². The van der Waals surface area contributed by atoms with E-state index < -0.39 is 33.8 Å². The molecule has 0 radical (unpaired) electrons. The van der Waals surface area contributed by atoms with Gasteiger partial charge in [-0.1, -0.05) is 36.4 Å². The van der Waals surface area contributed by atoms with Crippen LogP contribution in [0.4, 0.5) is 18.9 Å². The lowest BCUT2D eigenvalue weighted by molar-refractivity contribution is -0.205. The van der Waals surface area contributed by atoms with Crippen molar-refractivity contribution in [2.45, 2.75) is 49.5 Å². The molecular formula is C29H29F3N4O6S. The van der Waals surface area contributed by atoms with Gasteiger partial charge in [-0.25, -0.2) is 18.2 Å². The summed E-state index contributed by atoms with van der Waals surface area (Å²) < 4.78 is 79.0. The van der Waals surface area contributed by atoms with Crippen molar-refractivity contribution in [1.29, 1.82) is 0 Å². The van der Waals surface area contributed by atoms with Gasteiger partial charge >= 0.3 is 12.1 Å². The molecule has 2 N–H and O–H groups in total. The smallest absolute Gasteiger partial charge is 0.449 e. The number of nitrogens with one attached hydrogen (secondary N) is 2. The molecule has 4 aromatic rings. The summed E-state index contributed by atoms with van der Waals surface area (Å²) in [5.74, 6) is -2.06. The van der Waals surface area contributed by atoms with E-state index in [4.69, 9.17) is 9.47 Å².